The van der Waals surface area contributed by atoms with Gasteiger partial charge in [0, 0.05) is 12.6 Å². The molecule has 0 aromatic carbocycles. The largest absolute Gasteiger partial charge is 0.756 e. The summed E-state index contributed by atoms with van der Waals surface area (Å²) in [4.78, 5) is 73.5. The standard InChI is InChI=1S/C24H28N10O14P2/c1-2-3-4-26-24-30-18-12(20(38)32-24)28-8-34(18)22-14(36)16-10(46-22)6-44-49(39,40)47-15-9(5-43-50(41,42)48-16)45-21(13(15)35)33-7-27-11-17(33)29-23(25)31-19(11)37/h2,4,7-10,13-16,21-22,35-36H,1,3,5-6H2,(H,39,40)(H,41,42)(H,30,32,38)(H3,25,29,31,37)/p-1/t9-,10-,13-,14-,15-,16-,21-,22-/m1/s1. The number of H-pyrrole nitrogens is 2. The molecule has 0 saturated carbocycles. The van der Waals surface area contributed by atoms with E-state index in [0.717, 1.165) is 21.8 Å². The smallest absolute Gasteiger partial charge is 0.472 e. The average molecular weight is 741 g/mol. The number of imidazole rings is 2. The topological polar surface area (TPSA) is 339 Å². The summed E-state index contributed by atoms with van der Waals surface area (Å²) < 4.78 is 60.6. The Morgan fingerprint density at radius 1 is 0.960 bits per heavy atom. The first kappa shape index (κ1) is 34.4. The van der Waals surface area contributed by atoms with Gasteiger partial charge >= 0.3 is 7.82 Å². The predicted octanol–water partition coefficient (Wildman–Crippen LogP) is -1.98. The van der Waals surface area contributed by atoms with Crippen LogP contribution >= 0.6 is 15.6 Å². The fourth-order valence-corrected chi connectivity index (χ4v) is 7.54. The van der Waals surface area contributed by atoms with Crippen LogP contribution in [0.2, 0.25) is 0 Å². The number of rotatable bonds is 5. The maximum atomic E-state index is 13.2. The van der Waals surface area contributed by atoms with Crippen LogP contribution in [-0.2, 0) is 36.7 Å². The summed E-state index contributed by atoms with van der Waals surface area (Å²) in [5.74, 6) is -0.407. The zero-order valence-corrected chi connectivity index (χ0v) is 27.0. The summed E-state index contributed by atoms with van der Waals surface area (Å²) in [6.45, 7) is 1.73. The van der Waals surface area contributed by atoms with Crippen LogP contribution in [0, 0.1) is 0 Å². The fourth-order valence-electron chi connectivity index (χ4n) is 5.63. The molecule has 4 aromatic heterocycles. The van der Waals surface area contributed by atoms with Crippen LogP contribution in [0.25, 0.3) is 22.3 Å². The Hall–Kier alpha value is -4.03. The molecule has 4 aromatic rings. The third kappa shape index (κ3) is 6.36. The monoisotopic (exact) mass is 741 g/mol. The van der Waals surface area contributed by atoms with Crippen molar-refractivity contribution in [2.45, 2.75) is 55.5 Å². The third-order valence-corrected chi connectivity index (χ3v) is 9.78. The second-order valence-electron chi connectivity index (χ2n) is 11.1. The van der Waals surface area contributed by atoms with Crippen molar-refractivity contribution in [3.05, 3.63) is 46.0 Å². The van der Waals surface area contributed by atoms with E-state index in [4.69, 9.17) is 33.3 Å². The van der Waals surface area contributed by atoms with E-state index >= 15 is 0 Å². The number of phosphoric acid groups is 2. The molecule has 24 nitrogen and oxygen atoms in total. The minimum atomic E-state index is -5.37. The molecule has 10 atom stereocenters. The number of hydrogen-bond acceptors (Lipinski definition) is 19. The molecule has 7 N–H and O–H groups in total. The lowest BCUT2D eigenvalue weighted by molar-refractivity contribution is -0.236. The maximum Gasteiger partial charge on any atom is 0.472 e. The molecular weight excluding hydrogens is 714 g/mol. The normalized spacial score (nSPS) is 35.2. The Bertz CT molecular complexity index is 2200. The number of aliphatic hydroxyl groups is 2. The van der Waals surface area contributed by atoms with Crippen molar-refractivity contribution in [3.63, 3.8) is 0 Å². The van der Waals surface area contributed by atoms with E-state index < -0.39 is 89.1 Å². The Labute approximate surface area is 277 Å². The van der Waals surface area contributed by atoms with Gasteiger partial charge < -0.3 is 44.3 Å². The van der Waals surface area contributed by atoms with Crippen molar-refractivity contribution >= 4 is 56.1 Å². The lowest BCUT2D eigenvalue weighted by Gasteiger charge is -2.32. The molecule has 2 unspecified atom stereocenters. The molecular formula is C24H27N10O14P2-. The van der Waals surface area contributed by atoms with Crippen LogP contribution < -0.4 is 21.7 Å². The predicted molar refractivity (Wildman–Crippen MR) is 163 cm³/mol. The zero-order valence-electron chi connectivity index (χ0n) is 25.2. The summed E-state index contributed by atoms with van der Waals surface area (Å²) in [6, 6.07) is 0. The molecule has 0 radical (unpaired) electrons. The first-order valence-corrected chi connectivity index (χ1v) is 17.5. The van der Waals surface area contributed by atoms with E-state index in [1.54, 1.807) is 6.08 Å². The van der Waals surface area contributed by atoms with Crippen molar-refractivity contribution < 1.29 is 56.7 Å². The highest BCUT2D eigenvalue weighted by Crippen LogP contribution is 2.52. The Morgan fingerprint density at radius 2 is 1.52 bits per heavy atom. The third-order valence-electron chi connectivity index (χ3n) is 7.83. The highest BCUT2D eigenvalue weighted by Gasteiger charge is 2.53. The van der Waals surface area contributed by atoms with Crippen LogP contribution in [0.4, 0.5) is 11.9 Å². The molecule has 0 amide bonds. The number of anilines is 1. The van der Waals surface area contributed by atoms with Crippen LogP contribution in [0.15, 0.2) is 39.9 Å². The lowest BCUT2D eigenvalue weighted by Crippen LogP contribution is -2.40. The second-order valence-corrected chi connectivity index (χ2v) is 13.9. The summed E-state index contributed by atoms with van der Waals surface area (Å²) in [7, 11) is -10.5. The number of allylic oxidation sites excluding steroid dienone is 1. The molecule has 3 fully saturated rings. The Balaban J connectivity index is 1.16. The fraction of sp³-hybridized carbons (Fsp3) is 0.458. The average Bonchev–Trinajstić information content (AvgIpc) is 3.80. The molecule has 268 valence electrons. The number of fused-ring (bicyclic) bond motifs is 4. The van der Waals surface area contributed by atoms with Gasteiger partial charge in [-0.15, -0.1) is 6.58 Å². The number of aliphatic imine (C=N–C) groups is 1. The van der Waals surface area contributed by atoms with Crippen molar-refractivity contribution in [2.24, 2.45) is 4.99 Å². The molecule has 3 aliphatic rings. The van der Waals surface area contributed by atoms with Gasteiger partial charge in [-0.25, -0.2) is 19.5 Å². The van der Waals surface area contributed by atoms with Gasteiger partial charge in [0.1, 0.15) is 36.6 Å². The first-order chi connectivity index (χ1) is 23.7. The summed E-state index contributed by atoms with van der Waals surface area (Å²) >= 11 is 0. The quantitative estimate of drug-likeness (QED) is 0.0733. The van der Waals surface area contributed by atoms with Gasteiger partial charge in [-0.05, 0) is 0 Å². The van der Waals surface area contributed by atoms with Gasteiger partial charge in [0.2, 0.25) is 11.9 Å². The molecule has 7 rings (SSSR count). The molecule has 7 heterocycles. The molecule has 26 heteroatoms. The van der Waals surface area contributed by atoms with E-state index in [0.29, 0.717) is 6.42 Å². The number of nitrogens with one attached hydrogen (secondary N) is 2. The van der Waals surface area contributed by atoms with E-state index in [1.165, 1.54) is 6.21 Å². The number of aromatic nitrogens is 8. The number of aliphatic hydroxyl groups excluding tert-OH is 2. The van der Waals surface area contributed by atoms with Crippen LogP contribution in [0.1, 0.15) is 18.9 Å². The number of nitrogens with zero attached hydrogens (tertiary/aromatic N) is 7. The van der Waals surface area contributed by atoms with Gasteiger partial charge in [0.05, 0.1) is 25.9 Å². The molecule has 0 aliphatic carbocycles. The van der Waals surface area contributed by atoms with E-state index in [-0.39, 0.29) is 34.2 Å². The van der Waals surface area contributed by atoms with Crippen molar-refractivity contribution in [1.82, 2.24) is 39.0 Å². The Kier molecular flexibility index (Phi) is 8.91. The van der Waals surface area contributed by atoms with Gasteiger partial charge in [-0.1, -0.05) is 6.08 Å². The van der Waals surface area contributed by atoms with Crippen LogP contribution in [-0.4, -0.2) is 110 Å². The van der Waals surface area contributed by atoms with Crippen LogP contribution in [0.5, 0.6) is 0 Å². The first-order valence-electron chi connectivity index (χ1n) is 14.5. The summed E-state index contributed by atoms with van der Waals surface area (Å²) in [6.07, 6.45) is -7.88. The highest BCUT2D eigenvalue weighted by atomic mass is 31.2. The summed E-state index contributed by atoms with van der Waals surface area (Å²) in [5.41, 5.74) is 3.66. The van der Waals surface area contributed by atoms with E-state index in [9.17, 15) is 38.7 Å². The molecule has 3 saturated heterocycles. The SMILES string of the molecule is C=CCC=Nc1nc2c(ncn2[C@@H]2O[C@@H]3COP(=O)(O)O[C@H]4[C@@H](O)[C@H](n5cnc6c(=O)[nH]c(N)nc65)O[C@@H]4COP(=O)([O-])O[C@H]3[C@H]2O)c(=O)[nH]1. The molecule has 0 bridgehead atoms. The molecule has 50 heavy (non-hydrogen) atoms. The van der Waals surface area contributed by atoms with E-state index in [2.05, 4.69) is 41.5 Å². The number of ether oxygens (including phenoxy) is 2. The minimum Gasteiger partial charge on any atom is -0.756 e. The number of nitrogens with two attached hydrogens (primary N) is 1. The number of nitrogen functional groups attached to an aromatic ring is 1. The van der Waals surface area contributed by atoms with E-state index in [1.807, 2.05) is 0 Å². The molecule has 0 spiro atoms. The van der Waals surface area contributed by atoms with Crippen molar-refractivity contribution in [3.8, 4) is 0 Å². The zero-order chi connectivity index (χ0) is 35.5. The van der Waals surface area contributed by atoms with Gasteiger partial charge in [0.25, 0.3) is 18.9 Å². The maximum absolute atomic E-state index is 13.2. The number of hydrogen-bond donors (Lipinski definition) is 6. The number of aromatic amines is 2. The Morgan fingerprint density at radius 3 is 2.14 bits per heavy atom. The van der Waals surface area contributed by atoms with Crippen molar-refractivity contribution in [2.75, 3.05) is 18.9 Å². The van der Waals surface area contributed by atoms with Gasteiger partial charge in [-0.3, -0.25) is 42.3 Å². The summed E-state index contributed by atoms with van der Waals surface area (Å²) in [5, 5.41) is 22.4. The minimum absolute atomic E-state index is 0.110. The lowest BCUT2D eigenvalue weighted by atomic mass is 10.1. The molecule has 3 aliphatic heterocycles. The second kappa shape index (κ2) is 12.9. The van der Waals surface area contributed by atoms with Gasteiger partial charge in [0.15, 0.2) is 34.8 Å². The highest BCUT2D eigenvalue weighted by molar-refractivity contribution is 7.47. The van der Waals surface area contributed by atoms with Crippen molar-refractivity contribution in [1.29, 1.82) is 0 Å². The van der Waals surface area contributed by atoms with Gasteiger partial charge in [-0.2, -0.15) is 9.97 Å². The van der Waals surface area contributed by atoms with Crippen LogP contribution in [0.3, 0.4) is 0 Å². The number of phosphoric ester groups is 2.